The molecule has 0 radical (unpaired) electrons. The van der Waals surface area contributed by atoms with Crippen LogP contribution in [0, 0.1) is 17.0 Å². The van der Waals surface area contributed by atoms with Gasteiger partial charge in [-0.2, -0.15) is 9.78 Å². The Hall–Kier alpha value is -2.85. The van der Waals surface area contributed by atoms with Crippen molar-refractivity contribution in [2.75, 3.05) is 19.7 Å². The first kappa shape index (κ1) is 23.3. The minimum atomic E-state index is -1.01. The van der Waals surface area contributed by atoms with Crippen LogP contribution in [0.2, 0.25) is 0 Å². The maximum absolute atomic E-state index is 13.8. The molecular weight excluding hydrogens is 434 g/mol. The van der Waals surface area contributed by atoms with Crippen molar-refractivity contribution in [3.8, 4) is 11.3 Å². The maximum atomic E-state index is 13.8. The molecule has 178 valence electrons. The van der Waals surface area contributed by atoms with Crippen molar-refractivity contribution < 1.29 is 28.2 Å². The maximum Gasteiger partial charge on any atom is 0.343 e. The second-order valence-corrected chi connectivity index (χ2v) is 9.59. The molecule has 33 heavy (non-hydrogen) atoms. The Labute approximate surface area is 190 Å². The number of aliphatic hydroxyl groups excluding tert-OH is 1. The number of β-amino-alcohol motifs (C(OH)–C–C–N with tert-alkyl or cyclic N) is 1. The van der Waals surface area contributed by atoms with Gasteiger partial charge in [-0.05, 0) is 30.0 Å². The molecule has 2 aromatic rings. The average molecular weight is 462 g/mol. The summed E-state index contributed by atoms with van der Waals surface area (Å²) < 4.78 is 34.0. The smallest absolute Gasteiger partial charge is 0.343 e. The number of halogens is 2. The monoisotopic (exact) mass is 462 g/mol. The van der Waals surface area contributed by atoms with Gasteiger partial charge in [0.1, 0.15) is 6.04 Å². The lowest BCUT2D eigenvalue weighted by Gasteiger charge is -2.33. The first-order valence-corrected chi connectivity index (χ1v) is 11.0. The minimum Gasteiger partial charge on any atom is -0.391 e. The summed E-state index contributed by atoms with van der Waals surface area (Å²) in [6.07, 6.45) is 0.342. The standard InChI is InChI=1S/C23H28F2N4O4/c1-23(2,3)20(21(31)28-8-6-14(30)11-28)26-22(32)29-18-7-9-33-12-15(18)19(27-29)13-4-5-16(24)17(25)10-13/h4-5,10,14,20,30H,6-9,11-12H2,1-3H3,(H,26,32)/t14-,20+/m0/s1. The number of amides is 2. The fourth-order valence-corrected chi connectivity index (χ4v) is 4.24. The molecule has 8 nitrogen and oxygen atoms in total. The summed E-state index contributed by atoms with van der Waals surface area (Å²) in [6, 6.07) is 2.02. The number of nitrogens with one attached hydrogen (secondary N) is 1. The van der Waals surface area contributed by atoms with Crippen LogP contribution in [0.4, 0.5) is 13.6 Å². The first-order chi connectivity index (χ1) is 15.6. The van der Waals surface area contributed by atoms with Crippen LogP contribution in [0.1, 0.15) is 38.4 Å². The third-order valence-corrected chi connectivity index (χ3v) is 6.06. The zero-order valence-corrected chi connectivity index (χ0v) is 18.9. The Bertz CT molecular complexity index is 1080. The predicted octanol–water partition coefficient (Wildman–Crippen LogP) is 2.47. The van der Waals surface area contributed by atoms with Crippen molar-refractivity contribution in [3.63, 3.8) is 0 Å². The van der Waals surface area contributed by atoms with Gasteiger partial charge in [0.05, 0.1) is 30.7 Å². The number of carbonyl (C=O) groups excluding carboxylic acids is 2. The number of aromatic nitrogens is 2. The van der Waals surface area contributed by atoms with Crippen LogP contribution in [0.25, 0.3) is 11.3 Å². The summed E-state index contributed by atoms with van der Waals surface area (Å²) in [5.41, 5.74) is 1.30. The quantitative estimate of drug-likeness (QED) is 0.731. The summed E-state index contributed by atoms with van der Waals surface area (Å²) in [4.78, 5) is 28.0. The SMILES string of the molecule is CC(C)(C)[C@H](NC(=O)n1nc(-c2ccc(F)c(F)c2)c2c1CCOC2)C(=O)N1CC[C@H](O)C1. The second-order valence-electron chi connectivity index (χ2n) is 9.59. The van der Waals surface area contributed by atoms with E-state index < -0.39 is 35.2 Å². The van der Waals surface area contributed by atoms with Gasteiger partial charge in [0.25, 0.3) is 0 Å². The average Bonchev–Trinajstić information content (AvgIpc) is 3.36. The van der Waals surface area contributed by atoms with E-state index in [0.29, 0.717) is 48.5 Å². The van der Waals surface area contributed by atoms with Gasteiger partial charge in [-0.1, -0.05) is 20.8 Å². The lowest BCUT2D eigenvalue weighted by Crippen LogP contribution is -2.55. The first-order valence-electron chi connectivity index (χ1n) is 11.0. The molecule has 4 rings (SSSR count). The molecule has 0 aliphatic carbocycles. The van der Waals surface area contributed by atoms with Crippen molar-refractivity contribution >= 4 is 11.9 Å². The molecule has 2 aliphatic rings. The number of rotatable bonds is 3. The van der Waals surface area contributed by atoms with Gasteiger partial charge in [-0.15, -0.1) is 0 Å². The van der Waals surface area contributed by atoms with Gasteiger partial charge in [0, 0.05) is 30.6 Å². The molecule has 1 saturated heterocycles. The lowest BCUT2D eigenvalue weighted by atomic mass is 9.86. The van der Waals surface area contributed by atoms with E-state index in [1.807, 2.05) is 20.8 Å². The van der Waals surface area contributed by atoms with E-state index in [1.165, 1.54) is 10.7 Å². The molecule has 1 fully saturated rings. The van der Waals surface area contributed by atoms with Crippen molar-refractivity contribution in [2.45, 2.75) is 52.4 Å². The molecule has 2 aliphatic heterocycles. The van der Waals surface area contributed by atoms with E-state index >= 15 is 0 Å². The number of ether oxygens (including phenoxy) is 1. The number of aliphatic hydroxyl groups is 1. The van der Waals surface area contributed by atoms with Crippen LogP contribution >= 0.6 is 0 Å². The lowest BCUT2D eigenvalue weighted by molar-refractivity contribution is -0.135. The van der Waals surface area contributed by atoms with Crippen molar-refractivity contribution in [1.82, 2.24) is 20.0 Å². The Balaban J connectivity index is 1.66. The van der Waals surface area contributed by atoms with Crippen LogP contribution in [0.15, 0.2) is 18.2 Å². The van der Waals surface area contributed by atoms with Crippen LogP contribution in [-0.4, -0.2) is 63.6 Å². The van der Waals surface area contributed by atoms with Gasteiger partial charge < -0.3 is 20.1 Å². The Morgan fingerprint density at radius 2 is 2.03 bits per heavy atom. The third kappa shape index (κ3) is 4.63. The molecular formula is C23H28F2N4O4. The van der Waals surface area contributed by atoms with Crippen molar-refractivity contribution in [2.24, 2.45) is 5.41 Å². The minimum absolute atomic E-state index is 0.185. The van der Waals surface area contributed by atoms with Crippen LogP contribution < -0.4 is 5.32 Å². The zero-order chi connectivity index (χ0) is 23.9. The van der Waals surface area contributed by atoms with Gasteiger partial charge >= 0.3 is 6.03 Å². The number of hydrogen-bond donors (Lipinski definition) is 2. The largest absolute Gasteiger partial charge is 0.391 e. The van der Waals surface area contributed by atoms with E-state index in [-0.39, 0.29) is 19.1 Å². The van der Waals surface area contributed by atoms with Crippen LogP contribution in [0.5, 0.6) is 0 Å². The number of nitrogens with zero attached hydrogens (tertiary/aromatic N) is 3. The highest BCUT2D eigenvalue weighted by Crippen LogP contribution is 2.30. The third-order valence-electron chi connectivity index (χ3n) is 6.06. The van der Waals surface area contributed by atoms with Crippen molar-refractivity contribution in [1.29, 1.82) is 0 Å². The number of hydrogen-bond acceptors (Lipinski definition) is 5. The number of fused-ring (bicyclic) bond motifs is 1. The molecule has 1 aromatic carbocycles. The van der Waals surface area contributed by atoms with E-state index in [1.54, 1.807) is 4.90 Å². The molecule has 2 N–H and O–H groups in total. The molecule has 0 bridgehead atoms. The topological polar surface area (TPSA) is 96.7 Å². The predicted molar refractivity (Wildman–Crippen MR) is 115 cm³/mol. The summed E-state index contributed by atoms with van der Waals surface area (Å²) in [5.74, 6) is -2.25. The summed E-state index contributed by atoms with van der Waals surface area (Å²) in [6.45, 7) is 6.78. The van der Waals surface area contributed by atoms with Crippen LogP contribution in [-0.2, 0) is 22.6 Å². The highest BCUT2D eigenvalue weighted by Gasteiger charge is 2.39. The van der Waals surface area contributed by atoms with Crippen molar-refractivity contribution in [3.05, 3.63) is 41.1 Å². The number of benzene rings is 1. The number of likely N-dealkylation sites (tertiary alicyclic amines) is 1. The van der Waals surface area contributed by atoms with E-state index in [4.69, 9.17) is 4.74 Å². The molecule has 2 amide bonds. The molecule has 1 aromatic heterocycles. The second kappa shape index (κ2) is 8.83. The van der Waals surface area contributed by atoms with Gasteiger partial charge in [-0.3, -0.25) is 4.79 Å². The Morgan fingerprint density at radius 1 is 1.27 bits per heavy atom. The Morgan fingerprint density at radius 3 is 2.67 bits per heavy atom. The van der Waals surface area contributed by atoms with Gasteiger partial charge in [0.2, 0.25) is 5.91 Å². The molecule has 0 spiro atoms. The highest BCUT2D eigenvalue weighted by molar-refractivity contribution is 5.89. The van der Waals surface area contributed by atoms with E-state index in [9.17, 15) is 23.5 Å². The number of carbonyl (C=O) groups is 2. The molecule has 0 saturated carbocycles. The molecule has 2 atom stereocenters. The molecule has 10 heteroatoms. The highest BCUT2D eigenvalue weighted by atomic mass is 19.2. The summed E-state index contributed by atoms with van der Waals surface area (Å²) in [7, 11) is 0. The zero-order valence-electron chi connectivity index (χ0n) is 18.9. The summed E-state index contributed by atoms with van der Waals surface area (Å²) in [5, 5.41) is 17.0. The van der Waals surface area contributed by atoms with Gasteiger partial charge in [-0.25, -0.2) is 13.6 Å². The van der Waals surface area contributed by atoms with E-state index in [0.717, 1.165) is 12.1 Å². The Kier molecular flexibility index (Phi) is 6.24. The fourth-order valence-electron chi connectivity index (χ4n) is 4.24. The van der Waals surface area contributed by atoms with E-state index in [2.05, 4.69) is 10.4 Å². The summed E-state index contributed by atoms with van der Waals surface area (Å²) >= 11 is 0. The normalized spacial score (nSPS) is 19.3. The fraction of sp³-hybridized carbons (Fsp3) is 0.522. The van der Waals surface area contributed by atoms with Gasteiger partial charge in [0.15, 0.2) is 11.6 Å². The van der Waals surface area contributed by atoms with Crippen LogP contribution in [0.3, 0.4) is 0 Å². The molecule has 3 heterocycles. The molecule has 0 unspecified atom stereocenters.